The third-order valence-electron chi connectivity index (χ3n) is 3.35. The zero-order chi connectivity index (χ0) is 14.5. The van der Waals surface area contributed by atoms with Crippen molar-refractivity contribution >= 4 is 22.4 Å². The Labute approximate surface area is 123 Å². The first-order chi connectivity index (χ1) is 9.61. The van der Waals surface area contributed by atoms with E-state index in [0.29, 0.717) is 5.92 Å². The molecule has 2 rings (SSSR count). The SMILES string of the molecule is CCNc1nc(C2CC2)nc(NCCCS(C)=O)c1C. The van der Waals surface area contributed by atoms with Crippen molar-refractivity contribution < 1.29 is 4.21 Å². The summed E-state index contributed by atoms with van der Waals surface area (Å²) in [6.45, 7) is 5.76. The largest absolute Gasteiger partial charge is 0.370 e. The number of hydrogen-bond acceptors (Lipinski definition) is 5. The maximum Gasteiger partial charge on any atom is 0.136 e. The normalized spacial score (nSPS) is 15.9. The van der Waals surface area contributed by atoms with Crippen molar-refractivity contribution in [3.05, 3.63) is 11.4 Å². The van der Waals surface area contributed by atoms with Gasteiger partial charge in [-0.05, 0) is 33.1 Å². The Morgan fingerprint density at radius 2 is 1.90 bits per heavy atom. The fraction of sp³-hybridized carbons (Fsp3) is 0.714. The molecule has 2 N–H and O–H groups in total. The molecule has 112 valence electrons. The van der Waals surface area contributed by atoms with E-state index in [1.807, 2.05) is 6.92 Å². The molecule has 1 unspecified atom stereocenters. The van der Waals surface area contributed by atoms with E-state index in [1.165, 1.54) is 12.8 Å². The standard InChI is InChI=1S/C14H24N4OS/c1-4-15-12-10(2)13(16-8-5-9-20(3)19)18-14(17-12)11-6-7-11/h11H,4-9H2,1-3H3,(H2,15,16,17,18). The minimum atomic E-state index is -0.723. The fourth-order valence-electron chi connectivity index (χ4n) is 2.05. The molecule has 0 aliphatic heterocycles. The van der Waals surface area contributed by atoms with Crippen molar-refractivity contribution in [2.75, 3.05) is 35.7 Å². The van der Waals surface area contributed by atoms with Gasteiger partial charge in [0.25, 0.3) is 0 Å². The minimum Gasteiger partial charge on any atom is -0.370 e. The molecular weight excluding hydrogens is 272 g/mol. The average molecular weight is 296 g/mol. The molecule has 0 amide bonds. The molecule has 0 saturated heterocycles. The van der Waals surface area contributed by atoms with Gasteiger partial charge in [-0.2, -0.15) is 0 Å². The molecule has 1 aliphatic rings. The first-order valence-corrected chi connectivity index (χ1v) is 9.00. The smallest absolute Gasteiger partial charge is 0.136 e. The Bertz CT molecular complexity index is 488. The summed E-state index contributed by atoms with van der Waals surface area (Å²) >= 11 is 0. The van der Waals surface area contributed by atoms with Crippen LogP contribution in [0.2, 0.25) is 0 Å². The number of rotatable bonds is 8. The van der Waals surface area contributed by atoms with Crippen molar-refractivity contribution in [2.24, 2.45) is 0 Å². The fourth-order valence-corrected chi connectivity index (χ4v) is 2.60. The van der Waals surface area contributed by atoms with Crippen LogP contribution in [0.4, 0.5) is 11.6 Å². The third-order valence-corrected chi connectivity index (χ3v) is 4.21. The van der Waals surface area contributed by atoms with Crippen LogP contribution in [0.3, 0.4) is 0 Å². The molecule has 0 bridgehead atoms. The minimum absolute atomic E-state index is 0.539. The highest BCUT2D eigenvalue weighted by Gasteiger charge is 2.28. The second-order valence-corrected chi connectivity index (χ2v) is 6.82. The van der Waals surface area contributed by atoms with E-state index < -0.39 is 10.8 Å². The third kappa shape index (κ3) is 4.16. The van der Waals surface area contributed by atoms with Gasteiger partial charge in [0.05, 0.1) is 0 Å². The van der Waals surface area contributed by atoms with Gasteiger partial charge in [0.15, 0.2) is 0 Å². The lowest BCUT2D eigenvalue weighted by Gasteiger charge is -2.14. The topological polar surface area (TPSA) is 66.9 Å². The first kappa shape index (κ1) is 15.2. The number of anilines is 2. The molecular formula is C14H24N4OS. The Kier molecular flexibility index (Phi) is 5.34. The summed E-state index contributed by atoms with van der Waals surface area (Å²) in [6.07, 6.45) is 5.03. The van der Waals surface area contributed by atoms with Crippen molar-refractivity contribution in [1.29, 1.82) is 0 Å². The van der Waals surface area contributed by atoms with Crippen LogP contribution in [0.25, 0.3) is 0 Å². The van der Waals surface area contributed by atoms with Crippen LogP contribution in [0.15, 0.2) is 0 Å². The Hall–Kier alpha value is -1.17. The van der Waals surface area contributed by atoms with Crippen LogP contribution >= 0.6 is 0 Å². The Morgan fingerprint density at radius 1 is 1.25 bits per heavy atom. The molecule has 1 saturated carbocycles. The van der Waals surface area contributed by atoms with Gasteiger partial charge in [-0.25, -0.2) is 9.97 Å². The van der Waals surface area contributed by atoms with Crippen molar-refractivity contribution in [3.63, 3.8) is 0 Å². The summed E-state index contributed by atoms with van der Waals surface area (Å²) in [5, 5.41) is 6.67. The lowest BCUT2D eigenvalue weighted by molar-refractivity contribution is 0.685. The summed E-state index contributed by atoms with van der Waals surface area (Å²) in [5.74, 6) is 4.07. The molecule has 20 heavy (non-hydrogen) atoms. The van der Waals surface area contributed by atoms with Crippen molar-refractivity contribution in [1.82, 2.24) is 9.97 Å². The summed E-state index contributed by atoms with van der Waals surface area (Å²) in [7, 11) is -0.723. The van der Waals surface area contributed by atoms with E-state index in [-0.39, 0.29) is 0 Å². The second kappa shape index (κ2) is 7.02. The molecule has 0 spiro atoms. The highest BCUT2D eigenvalue weighted by Crippen LogP contribution is 2.39. The van der Waals surface area contributed by atoms with Crippen molar-refractivity contribution in [3.8, 4) is 0 Å². The number of nitrogens with one attached hydrogen (secondary N) is 2. The van der Waals surface area contributed by atoms with Crippen LogP contribution in [-0.2, 0) is 10.8 Å². The summed E-state index contributed by atoms with van der Waals surface area (Å²) in [6, 6.07) is 0. The van der Waals surface area contributed by atoms with Crippen LogP contribution in [-0.4, -0.2) is 39.3 Å². The van der Waals surface area contributed by atoms with E-state index in [2.05, 4.69) is 27.5 Å². The van der Waals surface area contributed by atoms with Gasteiger partial charge in [-0.1, -0.05) is 0 Å². The average Bonchev–Trinajstić information content (AvgIpc) is 3.22. The monoisotopic (exact) mass is 296 g/mol. The van der Waals surface area contributed by atoms with E-state index in [4.69, 9.17) is 0 Å². The van der Waals surface area contributed by atoms with Gasteiger partial charge in [0, 0.05) is 47.4 Å². The summed E-state index contributed by atoms with van der Waals surface area (Å²) in [5.41, 5.74) is 1.06. The maximum atomic E-state index is 11.1. The Balaban J connectivity index is 2.06. The van der Waals surface area contributed by atoms with Crippen LogP contribution in [0, 0.1) is 6.92 Å². The zero-order valence-corrected chi connectivity index (χ0v) is 13.3. The van der Waals surface area contributed by atoms with E-state index in [1.54, 1.807) is 6.26 Å². The molecule has 0 aromatic carbocycles. The van der Waals surface area contributed by atoms with Gasteiger partial charge < -0.3 is 10.6 Å². The Morgan fingerprint density at radius 3 is 2.45 bits per heavy atom. The summed E-state index contributed by atoms with van der Waals surface area (Å²) < 4.78 is 11.1. The molecule has 1 atom stereocenters. The van der Waals surface area contributed by atoms with Crippen LogP contribution in [0.1, 0.15) is 43.5 Å². The number of nitrogens with zero attached hydrogens (tertiary/aromatic N) is 2. The molecule has 1 aromatic heterocycles. The van der Waals surface area contributed by atoms with Gasteiger partial charge in [-0.15, -0.1) is 0 Å². The van der Waals surface area contributed by atoms with Crippen LogP contribution < -0.4 is 10.6 Å². The molecule has 1 fully saturated rings. The lowest BCUT2D eigenvalue weighted by Crippen LogP contribution is -2.13. The predicted octanol–water partition coefficient (Wildman–Crippen LogP) is 2.27. The van der Waals surface area contributed by atoms with Gasteiger partial charge in [-0.3, -0.25) is 4.21 Å². The predicted molar refractivity (Wildman–Crippen MR) is 84.9 cm³/mol. The van der Waals surface area contributed by atoms with E-state index in [0.717, 1.165) is 48.3 Å². The van der Waals surface area contributed by atoms with E-state index in [9.17, 15) is 4.21 Å². The zero-order valence-electron chi connectivity index (χ0n) is 12.5. The lowest BCUT2D eigenvalue weighted by atomic mass is 10.2. The molecule has 0 radical (unpaired) electrons. The van der Waals surface area contributed by atoms with Gasteiger partial charge in [0.1, 0.15) is 17.5 Å². The van der Waals surface area contributed by atoms with Crippen LogP contribution in [0.5, 0.6) is 0 Å². The highest BCUT2D eigenvalue weighted by molar-refractivity contribution is 7.84. The second-order valence-electron chi connectivity index (χ2n) is 5.27. The molecule has 1 aromatic rings. The molecule has 1 aliphatic carbocycles. The molecule has 6 heteroatoms. The summed E-state index contributed by atoms with van der Waals surface area (Å²) in [4.78, 5) is 9.29. The molecule has 1 heterocycles. The first-order valence-electron chi connectivity index (χ1n) is 7.28. The number of hydrogen-bond donors (Lipinski definition) is 2. The highest BCUT2D eigenvalue weighted by atomic mass is 32.2. The molecule has 5 nitrogen and oxygen atoms in total. The quantitative estimate of drug-likeness (QED) is 0.720. The van der Waals surface area contributed by atoms with Gasteiger partial charge >= 0.3 is 0 Å². The number of aromatic nitrogens is 2. The van der Waals surface area contributed by atoms with Gasteiger partial charge in [0.2, 0.25) is 0 Å². The van der Waals surface area contributed by atoms with Crippen molar-refractivity contribution in [2.45, 2.75) is 39.0 Å². The van der Waals surface area contributed by atoms with E-state index >= 15 is 0 Å². The maximum absolute atomic E-state index is 11.1.